The molecule has 0 unspecified atom stereocenters. The standard InChI is InChI=1S/C25H28N6O4/c1-15(18-11-23(33)26-13-18)35-25-24-20(27-14-28-24)12-19(29-25)17-4-5-21(22(10-17)34-3)31-8-6-30(7-9-31)16(2)32/h4-5,10,12,14,18H,1,6-9,11,13H2,2-3H3,(H,26,33)(H,27,28)/t18-/m1/s1. The predicted molar refractivity (Wildman–Crippen MR) is 131 cm³/mol. The van der Waals surface area contributed by atoms with E-state index < -0.39 is 0 Å². The molecule has 35 heavy (non-hydrogen) atoms. The van der Waals surface area contributed by atoms with Gasteiger partial charge in [-0.05, 0) is 18.2 Å². The minimum absolute atomic E-state index is 0.0127. The highest BCUT2D eigenvalue weighted by Crippen LogP contribution is 2.36. The first-order chi connectivity index (χ1) is 16.9. The number of H-pyrrole nitrogens is 1. The first kappa shape index (κ1) is 22.7. The zero-order valence-corrected chi connectivity index (χ0v) is 19.8. The quantitative estimate of drug-likeness (QED) is 0.525. The van der Waals surface area contributed by atoms with E-state index in [0.29, 0.717) is 48.9 Å². The Balaban J connectivity index is 1.42. The third-order valence-corrected chi connectivity index (χ3v) is 6.58. The van der Waals surface area contributed by atoms with Crippen molar-refractivity contribution in [2.45, 2.75) is 13.3 Å². The molecule has 10 nitrogen and oxygen atoms in total. The molecular weight excluding hydrogens is 448 g/mol. The van der Waals surface area contributed by atoms with Crippen LogP contribution in [0.3, 0.4) is 0 Å². The van der Waals surface area contributed by atoms with Crippen LogP contribution < -0.4 is 19.7 Å². The number of carbonyl (C=O) groups is 2. The number of pyridine rings is 1. The number of amides is 2. The molecule has 182 valence electrons. The number of imidazole rings is 1. The highest BCUT2D eigenvalue weighted by atomic mass is 16.5. The predicted octanol–water partition coefficient (Wildman–Crippen LogP) is 2.33. The molecule has 2 aliphatic heterocycles. The van der Waals surface area contributed by atoms with Gasteiger partial charge in [0, 0.05) is 57.5 Å². The molecule has 0 aliphatic carbocycles. The summed E-state index contributed by atoms with van der Waals surface area (Å²) in [6, 6.07) is 7.89. The maximum Gasteiger partial charge on any atom is 0.247 e. The number of fused-ring (bicyclic) bond motifs is 1. The van der Waals surface area contributed by atoms with Crippen LogP contribution in [0.4, 0.5) is 5.69 Å². The van der Waals surface area contributed by atoms with Crippen molar-refractivity contribution >= 4 is 28.5 Å². The summed E-state index contributed by atoms with van der Waals surface area (Å²) >= 11 is 0. The Labute approximate surface area is 202 Å². The molecule has 2 fully saturated rings. The van der Waals surface area contributed by atoms with Gasteiger partial charge in [0.05, 0.1) is 30.3 Å². The number of rotatable bonds is 6. The molecule has 2 aromatic heterocycles. The van der Waals surface area contributed by atoms with E-state index in [2.05, 4.69) is 26.8 Å². The highest BCUT2D eigenvalue weighted by Gasteiger charge is 2.27. The van der Waals surface area contributed by atoms with Crippen molar-refractivity contribution in [2.24, 2.45) is 5.92 Å². The van der Waals surface area contributed by atoms with Crippen LogP contribution in [-0.4, -0.2) is 71.5 Å². The van der Waals surface area contributed by atoms with Gasteiger partial charge in [-0.15, -0.1) is 0 Å². The lowest BCUT2D eigenvalue weighted by Crippen LogP contribution is -2.48. The number of benzene rings is 1. The number of nitrogens with one attached hydrogen (secondary N) is 2. The average Bonchev–Trinajstić information content (AvgIpc) is 3.53. The van der Waals surface area contributed by atoms with Gasteiger partial charge in [-0.3, -0.25) is 9.59 Å². The molecule has 0 spiro atoms. The summed E-state index contributed by atoms with van der Waals surface area (Å²) in [7, 11) is 1.65. The fourth-order valence-electron chi connectivity index (χ4n) is 4.54. The van der Waals surface area contributed by atoms with Crippen molar-refractivity contribution in [1.82, 2.24) is 25.2 Å². The molecule has 4 heterocycles. The molecule has 2 saturated heterocycles. The van der Waals surface area contributed by atoms with E-state index in [-0.39, 0.29) is 17.7 Å². The van der Waals surface area contributed by atoms with Crippen molar-refractivity contribution in [3.05, 3.63) is 42.9 Å². The molecular formula is C25H28N6O4. The van der Waals surface area contributed by atoms with Crippen LogP contribution in [0.2, 0.25) is 0 Å². The number of aromatic amines is 1. The molecule has 0 saturated carbocycles. The molecule has 2 amide bonds. The second kappa shape index (κ2) is 9.28. The average molecular weight is 477 g/mol. The first-order valence-electron chi connectivity index (χ1n) is 11.6. The second-order valence-corrected chi connectivity index (χ2v) is 8.76. The highest BCUT2D eigenvalue weighted by molar-refractivity contribution is 5.85. The Morgan fingerprint density at radius 2 is 2.00 bits per heavy atom. The Kier molecular flexibility index (Phi) is 6.02. The van der Waals surface area contributed by atoms with Crippen LogP contribution >= 0.6 is 0 Å². The van der Waals surface area contributed by atoms with Crippen molar-refractivity contribution in [3.63, 3.8) is 0 Å². The Bertz CT molecular complexity index is 1290. The number of hydrogen-bond acceptors (Lipinski definition) is 7. The summed E-state index contributed by atoms with van der Waals surface area (Å²) in [5.41, 5.74) is 3.90. The fraction of sp³-hybridized carbons (Fsp3) is 0.360. The van der Waals surface area contributed by atoms with Crippen LogP contribution in [-0.2, 0) is 9.59 Å². The molecule has 5 rings (SSSR count). The fourth-order valence-corrected chi connectivity index (χ4v) is 4.54. The summed E-state index contributed by atoms with van der Waals surface area (Å²) in [5.74, 6) is 1.53. The van der Waals surface area contributed by atoms with E-state index in [1.54, 1.807) is 20.4 Å². The summed E-state index contributed by atoms with van der Waals surface area (Å²) in [6.45, 7) is 8.98. The van der Waals surface area contributed by atoms with Crippen LogP contribution in [0.25, 0.3) is 22.3 Å². The number of methoxy groups -OCH3 is 1. The van der Waals surface area contributed by atoms with Gasteiger partial charge in [0.25, 0.3) is 0 Å². The third-order valence-electron chi connectivity index (χ3n) is 6.58. The van der Waals surface area contributed by atoms with Gasteiger partial charge >= 0.3 is 0 Å². The number of piperazine rings is 1. The van der Waals surface area contributed by atoms with E-state index in [1.807, 2.05) is 29.2 Å². The number of aromatic nitrogens is 3. The van der Waals surface area contributed by atoms with Gasteiger partial charge in [-0.2, -0.15) is 0 Å². The SMILES string of the molecule is C=C(Oc1nc(-c2ccc(N3CCN(C(C)=O)CC3)c(OC)c2)cc2[nH]cnc12)[C@H]1CNC(=O)C1. The third kappa shape index (κ3) is 4.51. The normalized spacial score (nSPS) is 18.0. The summed E-state index contributed by atoms with van der Waals surface area (Å²) in [4.78, 5) is 39.5. The summed E-state index contributed by atoms with van der Waals surface area (Å²) < 4.78 is 11.8. The van der Waals surface area contributed by atoms with E-state index in [9.17, 15) is 9.59 Å². The number of carbonyl (C=O) groups excluding carboxylic acids is 2. The largest absolute Gasteiger partial charge is 0.495 e. The molecule has 10 heteroatoms. The van der Waals surface area contributed by atoms with Gasteiger partial charge in [0.2, 0.25) is 17.7 Å². The number of nitrogens with zero attached hydrogens (tertiary/aromatic N) is 4. The number of anilines is 1. The van der Waals surface area contributed by atoms with E-state index >= 15 is 0 Å². The maximum atomic E-state index is 11.7. The van der Waals surface area contributed by atoms with Crippen LogP contribution in [0.1, 0.15) is 13.3 Å². The van der Waals surface area contributed by atoms with Crippen LogP contribution in [0.15, 0.2) is 42.9 Å². The lowest BCUT2D eigenvalue weighted by Gasteiger charge is -2.36. The molecule has 1 aromatic carbocycles. The Morgan fingerprint density at radius 1 is 1.20 bits per heavy atom. The zero-order chi connectivity index (χ0) is 24.5. The van der Waals surface area contributed by atoms with Gasteiger partial charge in [0.1, 0.15) is 11.5 Å². The van der Waals surface area contributed by atoms with E-state index in [1.165, 1.54) is 0 Å². The molecule has 1 atom stereocenters. The number of hydrogen-bond donors (Lipinski definition) is 2. The van der Waals surface area contributed by atoms with Crippen molar-refractivity contribution in [1.29, 1.82) is 0 Å². The van der Waals surface area contributed by atoms with Gasteiger partial charge in [-0.25, -0.2) is 9.97 Å². The number of ether oxygens (including phenoxy) is 2. The Morgan fingerprint density at radius 3 is 2.69 bits per heavy atom. The first-order valence-corrected chi connectivity index (χ1v) is 11.6. The molecule has 0 bridgehead atoms. The maximum absolute atomic E-state index is 11.7. The van der Waals surface area contributed by atoms with Gasteiger partial charge in [0.15, 0.2) is 5.52 Å². The van der Waals surface area contributed by atoms with Gasteiger partial charge in [-0.1, -0.05) is 12.6 Å². The van der Waals surface area contributed by atoms with E-state index in [0.717, 1.165) is 35.6 Å². The smallest absolute Gasteiger partial charge is 0.247 e. The van der Waals surface area contributed by atoms with Crippen LogP contribution in [0, 0.1) is 5.92 Å². The molecule has 2 N–H and O–H groups in total. The molecule has 0 radical (unpaired) electrons. The lowest BCUT2D eigenvalue weighted by atomic mass is 10.1. The lowest BCUT2D eigenvalue weighted by molar-refractivity contribution is -0.129. The zero-order valence-electron chi connectivity index (χ0n) is 19.8. The summed E-state index contributed by atoms with van der Waals surface area (Å²) in [5, 5.41) is 2.80. The Hall–Kier alpha value is -4.08. The molecule has 2 aliphatic rings. The van der Waals surface area contributed by atoms with Crippen molar-refractivity contribution in [2.75, 3.05) is 44.7 Å². The van der Waals surface area contributed by atoms with Gasteiger partial charge < -0.3 is 29.6 Å². The van der Waals surface area contributed by atoms with Crippen molar-refractivity contribution in [3.8, 4) is 22.9 Å². The van der Waals surface area contributed by atoms with Crippen LogP contribution in [0.5, 0.6) is 11.6 Å². The van der Waals surface area contributed by atoms with E-state index in [4.69, 9.17) is 14.5 Å². The minimum Gasteiger partial charge on any atom is -0.495 e. The molecule has 3 aromatic rings. The topological polar surface area (TPSA) is 113 Å². The van der Waals surface area contributed by atoms with Crippen molar-refractivity contribution < 1.29 is 19.1 Å². The minimum atomic E-state index is -0.107. The summed E-state index contributed by atoms with van der Waals surface area (Å²) in [6.07, 6.45) is 1.94. The second-order valence-electron chi connectivity index (χ2n) is 8.76. The monoisotopic (exact) mass is 476 g/mol.